The molecule has 0 bridgehead atoms. The van der Waals surface area contributed by atoms with Gasteiger partial charge in [0.15, 0.2) is 11.9 Å². The molecule has 1 rings (SSSR count). The van der Waals surface area contributed by atoms with Crippen LogP contribution >= 0.6 is 0 Å². The zero-order valence-corrected chi connectivity index (χ0v) is 30.6. The van der Waals surface area contributed by atoms with E-state index < -0.39 is 90.8 Å². The van der Waals surface area contributed by atoms with Crippen LogP contribution in [0.1, 0.15) is 64.7 Å². The van der Waals surface area contributed by atoms with Crippen LogP contribution in [0.3, 0.4) is 0 Å². The fourth-order valence-electron chi connectivity index (χ4n) is 5.32. The number of unbranched alkanes of at least 4 members (excludes halogenated alkanes) is 1. The van der Waals surface area contributed by atoms with Gasteiger partial charge in [0.2, 0.25) is 35.4 Å². The number of carboxylic acids is 1. The molecule has 306 valence electrons. The molecule has 1 fully saturated rings. The molecule has 1 saturated heterocycles. The number of hydrogen-bond donors (Lipinski definition) is 13. The molecule has 23 nitrogen and oxygen atoms in total. The first-order valence-electron chi connectivity index (χ1n) is 17.7. The normalized spacial score (nSPS) is 16.4. The van der Waals surface area contributed by atoms with Crippen molar-refractivity contribution in [3.05, 3.63) is 0 Å². The lowest BCUT2D eigenvalue weighted by Crippen LogP contribution is -2.59. The van der Waals surface area contributed by atoms with Crippen molar-refractivity contribution < 1.29 is 43.8 Å². The molecule has 6 atom stereocenters. The van der Waals surface area contributed by atoms with Crippen molar-refractivity contribution in [2.24, 2.45) is 44.4 Å². The highest BCUT2D eigenvalue weighted by molar-refractivity contribution is 5.96. The fourth-order valence-corrected chi connectivity index (χ4v) is 5.32. The zero-order valence-electron chi connectivity index (χ0n) is 30.6. The molecule has 6 amide bonds. The summed E-state index contributed by atoms with van der Waals surface area (Å²) in [5.41, 5.74) is 33.0. The molecule has 19 N–H and O–H groups in total. The number of aliphatic hydroxyl groups excluding tert-OH is 1. The quantitative estimate of drug-likeness (QED) is 0.0233. The van der Waals surface area contributed by atoms with Crippen LogP contribution < -0.4 is 61.0 Å². The number of aliphatic imine (C=N–C) groups is 2. The van der Waals surface area contributed by atoms with Crippen LogP contribution in [0.5, 0.6) is 0 Å². The van der Waals surface area contributed by atoms with E-state index in [1.165, 1.54) is 6.92 Å². The summed E-state index contributed by atoms with van der Waals surface area (Å²) in [6.45, 7) is 0.789. The van der Waals surface area contributed by atoms with Crippen molar-refractivity contribution in [1.29, 1.82) is 0 Å². The Labute approximate surface area is 313 Å². The van der Waals surface area contributed by atoms with Gasteiger partial charge in [-0.1, -0.05) is 0 Å². The van der Waals surface area contributed by atoms with Gasteiger partial charge in [-0.15, -0.1) is 0 Å². The summed E-state index contributed by atoms with van der Waals surface area (Å²) in [5.74, 6) is -5.99. The van der Waals surface area contributed by atoms with Gasteiger partial charge >= 0.3 is 5.97 Å². The lowest BCUT2D eigenvalue weighted by molar-refractivity contribution is -0.148. The van der Waals surface area contributed by atoms with E-state index in [4.69, 9.17) is 34.4 Å². The first-order valence-corrected chi connectivity index (χ1v) is 17.7. The number of amides is 6. The molecule has 1 heterocycles. The number of nitrogens with zero attached hydrogens (tertiary/aromatic N) is 3. The number of guanidine groups is 2. The minimum Gasteiger partial charge on any atom is -0.480 e. The number of aliphatic hydroxyl groups is 1. The van der Waals surface area contributed by atoms with Crippen LogP contribution in [-0.2, 0) is 33.6 Å². The Morgan fingerprint density at radius 1 is 0.741 bits per heavy atom. The van der Waals surface area contributed by atoms with E-state index in [2.05, 4.69) is 36.6 Å². The maximum atomic E-state index is 13.5. The molecule has 0 spiro atoms. The third-order valence-corrected chi connectivity index (χ3v) is 8.30. The third-order valence-electron chi connectivity index (χ3n) is 8.30. The fraction of sp³-hybridized carbons (Fsp3) is 0.710. The Kier molecular flexibility index (Phi) is 21.5. The lowest BCUT2D eigenvalue weighted by atomic mass is 10.0. The third kappa shape index (κ3) is 17.5. The van der Waals surface area contributed by atoms with Crippen LogP contribution in [-0.4, -0.2) is 144 Å². The number of likely N-dealkylation sites (tertiary alicyclic amines) is 1. The van der Waals surface area contributed by atoms with Crippen molar-refractivity contribution >= 4 is 53.3 Å². The van der Waals surface area contributed by atoms with Crippen LogP contribution in [0.4, 0.5) is 0 Å². The Morgan fingerprint density at radius 2 is 1.28 bits per heavy atom. The second-order valence-electron chi connectivity index (χ2n) is 12.7. The average Bonchev–Trinajstić information content (AvgIpc) is 3.62. The highest BCUT2D eigenvalue weighted by Gasteiger charge is 2.35. The standard InChI is InChI=1S/C31H58N14O9/c1-17(24(48)44-21(16-46)26(50)40-15-23(47)45-14-6-10-22(45)29(53)54)41-27(51)19(8-2-3-11-32)43-28(52)20(9-5-13-39-31(36)37)42-25(49)18(33)7-4-12-38-30(34)35/h17-22,46H,2-16,32-33H2,1H3,(H,40,50)(H,41,51)(H,42,49)(H,43,52)(H,44,48)(H,53,54)(H4,34,35,38)(H4,36,37,39)/t17-,18+,19-,20-,21-,22-/m0/s1. The molecule has 0 aromatic carbocycles. The molecule has 1 aliphatic rings. The second kappa shape index (κ2) is 24.9. The molecule has 0 radical (unpaired) electrons. The minimum absolute atomic E-state index is 0.0689. The molecular weight excluding hydrogens is 712 g/mol. The molecule has 0 aliphatic carbocycles. The molecule has 0 unspecified atom stereocenters. The van der Waals surface area contributed by atoms with E-state index in [9.17, 15) is 43.8 Å². The maximum absolute atomic E-state index is 13.5. The molecule has 23 heteroatoms. The summed E-state index contributed by atoms with van der Waals surface area (Å²) in [7, 11) is 0. The summed E-state index contributed by atoms with van der Waals surface area (Å²) in [6.07, 6.45) is 2.73. The summed E-state index contributed by atoms with van der Waals surface area (Å²) >= 11 is 0. The van der Waals surface area contributed by atoms with Gasteiger partial charge in [-0.2, -0.15) is 0 Å². The topological polar surface area (TPSA) is 404 Å². The Hall–Kier alpha value is -5.29. The Morgan fingerprint density at radius 3 is 1.83 bits per heavy atom. The van der Waals surface area contributed by atoms with Gasteiger partial charge in [0.1, 0.15) is 30.2 Å². The predicted molar refractivity (Wildman–Crippen MR) is 197 cm³/mol. The molecule has 0 aromatic rings. The SMILES string of the molecule is C[C@H](NC(=O)[C@H](CCCCN)NC(=O)[C@H](CCCN=C(N)N)NC(=O)[C@H](N)CCCN=C(N)N)C(=O)N[C@@H](CO)C(=O)NCC(=O)N1CCC[C@H]1C(=O)O. The second-order valence-corrected chi connectivity index (χ2v) is 12.7. The number of nitrogens with two attached hydrogens (primary N) is 6. The number of carbonyl (C=O) groups excluding carboxylic acids is 6. The van der Waals surface area contributed by atoms with E-state index in [0.717, 1.165) is 4.90 Å². The molecule has 54 heavy (non-hydrogen) atoms. The van der Waals surface area contributed by atoms with E-state index in [-0.39, 0.29) is 63.7 Å². The lowest BCUT2D eigenvalue weighted by Gasteiger charge is -2.26. The highest BCUT2D eigenvalue weighted by Crippen LogP contribution is 2.17. The van der Waals surface area contributed by atoms with Crippen LogP contribution in [0.2, 0.25) is 0 Å². The van der Waals surface area contributed by atoms with Crippen molar-refractivity contribution in [3.63, 3.8) is 0 Å². The van der Waals surface area contributed by atoms with Gasteiger partial charge in [0.25, 0.3) is 0 Å². The minimum atomic E-state index is -1.51. The number of nitrogens with one attached hydrogen (secondary N) is 5. The van der Waals surface area contributed by atoms with Gasteiger partial charge in [-0.25, -0.2) is 4.79 Å². The monoisotopic (exact) mass is 770 g/mol. The van der Waals surface area contributed by atoms with Gasteiger partial charge < -0.3 is 76.1 Å². The average molecular weight is 771 g/mol. The van der Waals surface area contributed by atoms with Crippen molar-refractivity contribution in [2.75, 3.05) is 39.3 Å². The first kappa shape index (κ1) is 46.7. The van der Waals surface area contributed by atoms with Crippen LogP contribution in [0.15, 0.2) is 9.98 Å². The Bertz CT molecular complexity index is 1340. The van der Waals surface area contributed by atoms with Crippen molar-refractivity contribution in [3.8, 4) is 0 Å². The summed E-state index contributed by atoms with van der Waals surface area (Å²) < 4.78 is 0. The van der Waals surface area contributed by atoms with E-state index >= 15 is 0 Å². The first-order chi connectivity index (χ1) is 25.5. The van der Waals surface area contributed by atoms with E-state index in [0.29, 0.717) is 32.2 Å². The van der Waals surface area contributed by atoms with Crippen molar-refractivity contribution in [1.82, 2.24) is 31.5 Å². The van der Waals surface area contributed by atoms with E-state index in [1.54, 1.807) is 0 Å². The number of hydrogen-bond acceptors (Lipinski definition) is 12. The summed E-state index contributed by atoms with van der Waals surface area (Å²) in [5, 5.41) is 31.3. The number of carboxylic acid groups (broad SMARTS) is 1. The zero-order chi connectivity index (χ0) is 40.8. The molecule has 1 aliphatic heterocycles. The maximum Gasteiger partial charge on any atom is 0.326 e. The Balaban J connectivity index is 2.95. The molecule has 0 aromatic heterocycles. The van der Waals surface area contributed by atoms with Gasteiger partial charge in [-0.05, 0) is 71.3 Å². The smallest absolute Gasteiger partial charge is 0.326 e. The van der Waals surface area contributed by atoms with Gasteiger partial charge in [-0.3, -0.25) is 38.8 Å². The highest BCUT2D eigenvalue weighted by atomic mass is 16.4. The summed E-state index contributed by atoms with van der Waals surface area (Å²) in [6, 6.07) is -7.14. The van der Waals surface area contributed by atoms with Crippen molar-refractivity contribution in [2.45, 2.75) is 101 Å². The molecular formula is C31H58N14O9. The number of aliphatic carboxylic acids is 1. The van der Waals surface area contributed by atoms with E-state index in [1.807, 2.05) is 0 Å². The van der Waals surface area contributed by atoms with Gasteiger partial charge in [0.05, 0.1) is 19.2 Å². The summed E-state index contributed by atoms with van der Waals surface area (Å²) in [4.78, 5) is 98.2. The van der Waals surface area contributed by atoms with Crippen LogP contribution in [0, 0.1) is 0 Å². The predicted octanol–water partition coefficient (Wildman–Crippen LogP) is -6.31. The number of carbonyl (C=O) groups is 7. The van der Waals surface area contributed by atoms with Crippen LogP contribution in [0.25, 0.3) is 0 Å². The largest absolute Gasteiger partial charge is 0.480 e. The van der Waals surface area contributed by atoms with Gasteiger partial charge in [0, 0.05) is 19.6 Å². The molecule has 0 saturated carbocycles. The number of rotatable bonds is 25.